The minimum atomic E-state index is -4.38. The average Bonchev–Trinajstić information content (AvgIpc) is 2.36. The highest BCUT2D eigenvalue weighted by molar-refractivity contribution is 7.89. The summed E-state index contributed by atoms with van der Waals surface area (Å²) in [5, 5.41) is 2.92. The predicted octanol–water partition coefficient (Wildman–Crippen LogP) is 0.0207. The smallest absolute Gasteiger partial charge is 0.347 e. The molecule has 1 rings (SSSR count). The second kappa shape index (κ2) is 6.93. The van der Waals surface area contributed by atoms with Gasteiger partial charge in [0.15, 0.2) is 0 Å². The third-order valence-corrected chi connectivity index (χ3v) is 5.10. The van der Waals surface area contributed by atoms with Gasteiger partial charge in [-0.1, -0.05) is 0 Å². The van der Waals surface area contributed by atoms with Crippen LogP contribution in [0.15, 0.2) is 0 Å². The highest BCUT2D eigenvalue weighted by atomic mass is 32.2. The molecule has 1 amide bonds. The lowest BCUT2D eigenvalue weighted by Gasteiger charge is -2.35. The molecule has 0 bridgehead atoms. The SMILES string of the molecule is CN(C)C(=O)C1CNCCN1S(=O)(=O)CCCC(F)(F)F. The fraction of sp³-hybridized carbons (Fsp3) is 0.909. The summed E-state index contributed by atoms with van der Waals surface area (Å²) in [6, 6.07) is -0.898. The molecule has 0 aliphatic carbocycles. The normalized spacial score (nSPS) is 21.3. The largest absolute Gasteiger partial charge is 0.389 e. The summed E-state index contributed by atoms with van der Waals surface area (Å²) in [4.78, 5) is 13.3. The summed E-state index contributed by atoms with van der Waals surface area (Å²) in [6.45, 7) is 0.615. The van der Waals surface area contributed by atoms with E-state index in [1.807, 2.05) is 0 Å². The Morgan fingerprint density at radius 3 is 2.52 bits per heavy atom. The monoisotopic (exact) mass is 331 g/mol. The van der Waals surface area contributed by atoms with Crippen LogP contribution in [0, 0.1) is 0 Å². The molecule has 1 fully saturated rings. The fourth-order valence-electron chi connectivity index (χ4n) is 2.10. The Morgan fingerprint density at radius 1 is 1.38 bits per heavy atom. The number of nitrogens with zero attached hydrogens (tertiary/aromatic N) is 2. The van der Waals surface area contributed by atoms with Crippen molar-refractivity contribution in [1.29, 1.82) is 0 Å². The third kappa shape index (κ3) is 5.44. The van der Waals surface area contributed by atoms with Crippen LogP contribution in [0.3, 0.4) is 0 Å². The van der Waals surface area contributed by atoms with Crippen molar-refractivity contribution < 1.29 is 26.4 Å². The zero-order valence-electron chi connectivity index (χ0n) is 12.0. The first-order valence-electron chi connectivity index (χ1n) is 6.53. The molecule has 0 spiro atoms. The zero-order valence-corrected chi connectivity index (χ0v) is 12.8. The Hall–Kier alpha value is -0.870. The summed E-state index contributed by atoms with van der Waals surface area (Å²) in [5.74, 6) is -0.995. The number of carbonyl (C=O) groups excluding carboxylic acids is 1. The van der Waals surface area contributed by atoms with E-state index in [9.17, 15) is 26.4 Å². The van der Waals surface area contributed by atoms with E-state index in [2.05, 4.69) is 5.32 Å². The number of hydrogen-bond donors (Lipinski definition) is 1. The van der Waals surface area contributed by atoms with Gasteiger partial charge in [-0.25, -0.2) is 8.42 Å². The average molecular weight is 331 g/mol. The van der Waals surface area contributed by atoms with Gasteiger partial charge in [0.25, 0.3) is 0 Å². The topological polar surface area (TPSA) is 69.7 Å². The maximum absolute atomic E-state index is 12.2. The number of alkyl halides is 3. The molecule has 1 aliphatic rings. The summed E-state index contributed by atoms with van der Waals surface area (Å²) in [7, 11) is -0.877. The molecule has 0 aromatic rings. The van der Waals surface area contributed by atoms with Crippen LogP contribution in [0.5, 0.6) is 0 Å². The van der Waals surface area contributed by atoms with Crippen molar-refractivity contribution in [3.63, 3.8) is 0 Å². The van der Waals surface area contributed by atoms with Gasteiger partial charge in [-0.15, -0.1) is 0 Å². The molecular formula is C11H20F3N3O3S. The third-order valence-electron chi connectivity index (χ3n) is 3.14. The number of hydrogen-bond acceptors (Lipinski definition) is 4. The maximum atomic E-state index is 12.2. The molecule has 6 nitrogen and oxygen atoms in total. The van der Waals surface area contributed by atoms with Crippen molar-refractivity contribution in [2.75, 3.05) is 39.5 Å². The van der Waals surface area contributed by atoms with Crippen LogP contribution in [-0.2, 0) is 14.8 Å². The molecule has 1 N–H and O–H groups in total. The van der Waals surface area contributed by atoms with Crippen molar-refractivity contribution in [3.8, 4) is 0 Å². The number of sulfonamides is 1. The van der Waals surface area contributed by atoms with Gasteiger partial charge in [-0.2, -0.15) is 17.5 Å². The number of piperazine rings is 1. The molecule has 0 saturated carbocycles. The van der Waals surface area contributed by atoms with E-state index in [4.69, 9.17) is 0 Å². The molecule has 0 aromatic carbocycles. The fourth-order valence-corrected chi connectivity index (χ4v) is 3.76. The van der Waals surface area contributed by atoms with Crippen molar-refractivity contribution in [2.24, 2.45) is 0 Å². The number of rotatable bonds is 5. The Kier molecular flexibility index (Phi) is 6.00. The molecule has 0 radical (unpaired) electrons. The standard InChI is InChI=1S/C11H20F3N3O3S/c1-16(2)10(18)9-8-15-5-6-17(9)21(19,20)7-3-4-11(12,13)14/h9,15H,3-8H2,1-2H3. The van der Waals surface area contributed by atoms with E-state index >= 15 is 0 Å². The number of nitrogens with one attached hydrogen (secondary N) is 1. The summed E-state index contributed by atoms with van der Waals surface area (Å²) in [6.07, 6.45) is -6.03. The van der Waals surface area contributed by atoms with Crippen molar-refractivity contribution in [3.05, 3.63) is 0 Å². The molecule has 1 unspecified atom stereocenters. The second-order valence-corrected chi connectivity index (χ2v) is 7.14. The second-order valence-electron chi connectivity index (χ2n) is 5.10. The number of likely N-dealkylation sites (N-methyl/N-ethyl adjacent to an activating group) is 1. The molecule has 21 heavy (non-hydrogen) atoms. The molecule has 1 saturated heterocycles. The first-order valence-corrected chi connectivity index (χ1v) is 8.13. The Labute approximate surface area is 122 Å². The minimum Gasteiger partial charge on any atom is -0.347 e. The van der Waals surface area contributed by atoms with E-state index < -0.39 is 40.8 Å². The molecule has 10 heteroatoms. The Morgan fingerprint density at radius 2 is 2.00 bits per heavy atom. The van der Waals surface area contributed by atoms with Crippen molar-refractivity contribution >= 4 is 15.9 Å². The van der Waals surface area contributed by atoms with Crippen LogP contribution in [0.25, 0.3) is 0 Å². The molecule has 124 valence electrons. The lowest BCUT2D eigenvalue weighted by atomic mass is 10.2. The van der Waals surface area contributed by atoms with Crippen LogP contribution in [0.2, 0.25) is 0 Å². The van der Waals surface area contributed by atoms with Crippen LogP contribution >= 0.6 is 0 Å². The summed E-state index contributed by atoms with van der Waals surface area (Å²) in [5.41, 5.74) is 0. The molecular weight excluding hydrogens is 311 g/mol. The first kappa shape index (κ1) is 18.2. The van der Waals surface area contributed by atoms with Gasteiger partial charge in [0.05, 0.1) is 5.75 Å². The predicted molar refractivity (Wildman–Crippen MR) is 71.1 cm³/mol. The van der Waals surface area contributed by atoms with Gasteiger partial charge in [-0.05, 0) is 6.42 Å². The van der Waals surface area contributed by atoms with Crippen LogP contribution < -0.4 is 5.32 Å². The molecule has 1 atom stereocenters. The highest BCUT2D eigenvalue weighted by Crippen LogP contribution is 2.22. The van der Waals surface area contributed by atoms with E-state index in [0.717, 1.165) is 4.31 Å². The van der Waals surface area contributed by atoms with Crippen LogP contribution in [0.4, 0.5) is 13.2 Å². The van der Waals surface area contributed by atoms with Gasteiger partial charge >= 0.3 is 6.18 Å². The van der Waals surface area contributed by atoms with Crippen molar-refractivity contribution in [1.82, 2.24) is 14.5 Å². The molecule has 1 aliphatic heterocycles. The molecule has 0 aromatic heterocycles. The number of carbonyl (C=O) groups is 1. The minimum absolute atomic E-state index is 0.0819. The zero-order chi connectivity index (χ0) is 16.3. The maximum Gasteiger partial charge on any atom is 0.389 e. The lowest BCUT2D eigenvalue weighted by molar-refractivity contribution is -0.135. The number of halogens is 3. The van der Waals surface area contributed by atoms with Crippen molar-refractivity contribution in [2.45, 2.75) is 25.1 Å². The van der Waals surface area contributed by atoms with Crippen LogP contribution in [0.1, 0.15) is 12.8 Å². The Balaban J connectivity index is 2.76. The van der Waals surface area contributed by atoms with E-state index in [-0.39, 0.29) is 19.0 Å². The van der Waals surface area contributed by atoms with E-state index in [1.54, 1.807) is 0 Å². The summed E-state index contributed by atoms with van der Waals surface area (Å²) < 4.78 is 61.7. The van der Waals surface area contributed by atoms with E-state index in [1.165, 1.54) is 19.0 Å². The van der Waals surface area contributed by atoms with Gasteiger partial charge in [0.2, 0.25) is 15.9 Å². The quantitative estimate of drug-likeness (QED) is 0.771. The summed E-state index contributed by atoms with van der Waals surface area (Å²) >= 11 is 0. The van der Waals surface area contributed by atoms with Crippen LogP contribution in [-0.4, -0.2) is 75.2 Å². The van der Waals surface area contributed by atoms with Gasteiger partial charge in [0, 0.05) is 40.2 Å². The Bertz CT molecular complexity index is 465. The highest BCUT2D eigenvalue weighted by Gasteiger charge is 2.37. The van der Waals surface area contributed by atoms with Gasteiger partial charge in [0.1, 0.15) is 6.04 Å². The van der Waals surface area contributed by atoms with Gasteiger partial charge < -0.3 is 10.2 Å². The molecule has 1 heterocycles. The van der Waals surface area contributed by atoms with E-state index in [0.29, 0.717) is 6.54 Å². The first-order chi connectivity index (χ1) is 9.54. The van der Waals surface area contributed by atoms with Gasteiger partial charge in [-0.3, -0.25) is 4.79 Å². The number of amides is 1. The lowest BCUT2D eigenvalue weighted by Crippen LogP contribution is -2.59.